The molecular formula is C21H27FN2S. The fourth-order valence-electron chi connectivity index (χ4n) is 2.71. The lowest BCUT2D eigenvalue weighted by Crippen LogP contribution is -2.37. The molecule has 2 aromatic carbocycles. The van der Waals surface area contributed by atoms with Gasteiger partial charge in [-0.3, -0.25) is 0 Å². The van der Waals surface area contributed by atoms with E-state index >= 15 is 0 Å². The third-order valence-corrected chi connectivity index (χ3v) is 4.86. The van der Waals surface area contributed by atoms with Crippen LogP contribution < -0.4 is 10.6 Å². The first-order valence-electron chi connectivity index (χ1n) is 8.92. The molecule has 0 aliphatic carbocycles. The van der Waals surface area contributed by atoms with Crippen LogP contribution in [0.3, 0.4) is 0 Å². The van der Waals surface area contributed by atoms with Crippen LogP contribution >= 0.6 is 12.2 Å². The minimum Gasteiger partial charge on any atom is -0.359 e. The van der Waals surface area contributed by atoms with E-state index in [0.29, 0.717) is 17.6 Å². The van der Waals surface area contributed by atoms with Gasteiger partial charge in [0.05, 0.1) is 6.04 Å². The van der Waals surface area contributed by atoms with Crippen molar-refractivity contribution in [3.63, 3.8) is 0 Å². The monoisotopic (exact) mass is 358 g/mol. The van der Waals surface area contributed by atoms with Crippen molar-refractivity contribution in [3.8, 4) is 0 Å². The van der Waals surface area contributed by atoms with E-state index in [1.54, 1.807) is 12.1 Å². The van der Waals surface area contributed by atoms with Crippen molar-refractivity contribution in [1.82, 2.24) is 10.6 Å². The summed E-state index contributed by atoms with van der Waals surface area (Å²) in [7, 11) is 0. The highest BCUT2D eigenvalue weighted by Crippen LogP contribution is 2.22. The van der Waals surface area contributed by atoms with Crippen LogP contribution in [0, 0.1) is 5.82 Å². The molecule has 0 heterocycles. The van der Waals surface area contributed by atoms with Gasteiger partial charge >= 0.3 is 0 Å². The van der Waals surface area contributed by atoms with Gasteiger partial charge in [-0.2, -0.15) is 0 Å². The lowest BCUT2D eigenvalue weighted by Gasteiger charge is -2.21. The summed E-state index contributed by atoms with van der Waals surface area (Å²) in [6, 6.07) is 15.4. The van der Waals surface area contributed by atoms with Gasteiger partial charge in [-0.1, -0.05) is 57.2 Å². The third kappa shape index (κ3) is 5.82. The molecule has 2 nitrogen and oxygen atoms in total. The van der Waals surface area contributed by atoms with Crippen LogP contribution in [0.5, 0.6) is 0 Å². The molecule has 2 aromatic rings. The maximum absolute atomic E-state index is 12.9. The summed E-state index contributed by atoms with van der Waals surface area (Å²) < 4.78 is 12.9. The van der Waals surface area contributed by atoms with Gasteiger partial charge in [0.25, 0.3) is 0 Å². The van der Waals surface area contributed by atoms with Gasteiger partial charge in [-0.05, 0) is 59.8 Å². The maximum atomic E-state index is 12.9. The highest BCUT2D eigenvalue weighted by molar-refractivity contribution is 7.80. The van der Waals surface area contributed by atoms with Gasteiger partial charge in [0.2, 0.25) is 0 Å². The Labute approximate surface area is 155 Å². The van der Waals surface area contributed by atoms with E-state index in [9.17, 15) is 4.39 Å². The van der Waals surface area contributed by atoms with Crippen LogP contribution in [-0.2, 0) is 6.54 Å². The number of benzene rings is 2. The second kappa shape index (κ2) is 9.52. The number of nitrogens with one attached hydrogen (secondary N) is 2. The van der Waals surface area contributed by atoms with Crippen LogP contribution in [0.1, 0.15) is 62.3 Å². The quantitative estimate of drug-likeness (QED) is 0.643. The summed E-state index contributed by atoms with van der Waals surface area (Å²) in [6.07, 6.45) is 2.09. The Hall–Kier alpha value is -1.94. The van der Waals surface area contributed by atoms with Crippen LogP contribution in [0.2, 0.25) is 0 Å². The summed E-state index contributed by atoms with van der Waals surface area (Å²) in [5.74, 6) is 0.358. The molecule has 2 rings (SSSR count). The standard InChI is InChI=1S/C21H27FN2S/c1-4-15(3)17-8-10-18(11-9-17)20(5-2)24-21(25)23-14-16-6-12-19(22)13-7-16/h6-13,15,20H,4-5,14H2,1-3H3,(H2,23,24,25)/t15-,20+/m1/s1. The second-order valence-electron chi connectivity index (χ2n) is 6.39. The maximum Gasteiger partial charge on any atom is 0.167 e. The summed E-state index contributed by atoms with van der Waals surface area (Å²) in [4.78, 5) is 0. The Morgan fingerprint density at radius 1 is 0.960 bits per heavy atom. The van der Waals surface area contributed by atoms with Crippen molar-refractivity contribution in [3.05, 3.63) is 71.0 Å². The molecule has 0 aliphatic rings. The zero-order valence-electron chi connectivity index (χ0n) is 15.2. The van der Waals surface area contributed by atoms with Crippen molar-refractivity contribution in [2.75, 3.05) is 0 Å². The molecule has 0 radical (unpaired) electrons. The Kier molecular flexibility index (Phi) is 7.38. The minimum atomic E-state index is -0.226. The van der Waals surface area contributed by atoms with Crippen molar-refractivity contribution >= 4 is 17.3 Å². The number of halogens is 1. The average molecular weight is 359 g/mol. The molecule has 25 heavy (non-hydrogen) atoms. The lowest BCUT2D eigenvalue weighted by molar-refractivity contribution is 0.614. The summed E-state index contributed by atoms with van der Waals surface area (Å²) in [5.41, 5.74) is 3.61. The van der Waals surface area contributed by atoms with Crippen LogP contribution in [0.25, 0.3) is 0 Å². The zero-order chi connectivity index (χ0) is 18.2. The molecule has 0 fully saturated rings. The number of hydrogen-bond acceptors (Lipinski definition) is 1. The highest BCUT2D eigenvalue weighted by Gasteiger charge is 2.11. The molecule has 0 saturated carbocycles. The highest BCUT2D eigenvalue weighted by atomic mass is 32.1. The van der Waals surface area contributed by atoms with Crippen LogP contribution in [-0.4, -0.2) is 5.11 Å². The summed E-state index contributed by atoms with van der Waals surface area (Å²) in [6.45, 7) is 7.18. The van der Waals surface area contributed by atoms with Gasteiger partial charge in [0, 0.05) is 6.54 Å². The number of hydrogen-bond donors (Lipinski definition) is 2. The first-order chi connectivity index (χ1) is 12.0. The van der Waals surface area contributed by atoms with Crippen molar-refractivity contribution < 1.29 is 4.39 Å². The molecule has 2 N–H and O–H groups in total. The van der Waals surface area contributed by atoms with Gasteiger partial charge in [-0.15, -0.1) is 0 Å². The third-order valence-electron chi connectivity index (χ3n) is 4.60. The average Bonchev–Trinajstić information content (AvgIpc) is 2.65. The lowest BCUT2D eigenvalue weighted by atomic mass is 9.95. The Bertz CT molecular complexity index is 667. The van der Waals surface area contributed by atoms with Crippen LogP contribution in [0.15, 0.2) is 48.5 Å². The first-order valence-corrected chi connectivity index (χ1v) is 9.33. The van der Waals surface area contributed by atoms with Crippen molar-refractivity contribution in [2.45, 2.75) is 52.1 Å². The van der Waals surface area contributed by atoms with E-state index < -0.39 is 0 Å². The molecule has 0 unspecified atom stereocenters. The van der Waals surface area contributed by atoms with E-state index in [0.717, 1.165) is 18.4 Å². The predicted octanol–water partition coefficient (Wildman–Crippen LogP) is 5.45. The summed E-state index contributed by atoms with van der Waals surface area (Å²) in [5, 5.41) is 7.18. The molecular weight excluding hydrogens is 331 g/mol. The SMILES string of the molecule is CC[C@@H](C)c1ccc([C@H](CC)NC(=S)NCc2ccc(F)cc2)cc1. The molecule has 134 valence electrons. The van der Waals surface area contributed by atoms with E-state index in [2.05, 4.69) is 55.7 Å². The van der Waals surface area contributed by atoms with Crippen molar-refractivity contribution in [1.29, 1.82) is 0 Å². The smallest absolute Gasteiger partial charge is 0.167 e. The zero-order valence-corrected chi connectivity index (χ0v) is 16.0. The molecule has 0 saturated heterocycles. The first kappa shape index (κ1) is 19.4. The minimum absolute atomic E-state index is 0.180. The molecule has 0 spiro atoms. The fourth-order valence-corrected chi connectivity index (χ4v) is 2.92. The van der Waals surface area contributed by atoms with Crippen LogP contribution in [0.4, 0.5) is 4.39 Å². The molecule has 0 bridgehead atoms. The number of thiocarbonyl (C=S) groups is 1. The van der Waals surface area contributed by atoms with E-state index in [1.807, 2.05) is 0 Å². The fraction of sp³-hybridized carbons (Fsp3) is 0.381. The topological polar surface area (TPSA) is 24.1 Å². The summed E-state index contributed by atoms with van der Waals surface area (Å²) >= 11 is 5.41. The second-order valence-corrected chi connectivity index (χ2v) is 6.80. The normalized spacial score (nSPS) is 13.1. The van der Waals surface area contributed by atoms with E-state index in [-0.39, 0.29) is 11.9 Å². The van der Waals surface area contributed by atoms with E-state index in [4.69, 9.17) is 12.2 Å². The predicted molar refractivity (Wildman–Crippen MR) is 107 cm³/mol. The van der Waals surface area contributed by atoms with Gasteiger partial charge in [0.1, 0.15) is 5.82 Å². The number of rotatable bonds is 7. The molecule has 0 aliphatic heterocycles. The molecule has 2 atom stereocenters. The Morgan fingerprint density at radius 3 is 2.12 bits per heavy atom. The van der Waals surface area contributed by atoms with Gasteiger partial charge < -0.3 is 10.6 Å². The van der Waals surface area contributed by atoms with Crippen molar-refractivity contribution in [2.24, 2.45) is 0 Å². The Balaban J connectivity index is 1.91. The molecule has 0 amide bonds. The molecule has 0 aromatic heterocycles. The van der Waals surface area contributed by atoms with Gasteiger partial charge in [0.15, 0.2) is 5.11 Å². The van der Waals surface area contributed by atoms with E-state index in [1.165, 1.54) is 23.3 Å². The Morgan fingerprint density at radius 2 is 1.56 bits per heavy atom. The molecule has 4 heteroatoms. The van der Waals surface area contributed by atoms with Gasteiger partial charge in [-0.25, -0.2) is 4.39 Å². The largest absolute Gasteiger partial charge is 0.359 e.